The van der Waals surface area contributed by atoms with Gasteiger partial charge in [0.15, 0.2) is 0 Å². The highest BCUT2D eigenvalue weighted by molar-refractivity contribution is 9.10. The average Bonchev–Trinajstić information content (AvgIpc) is 2.41. The van der Waals surface area contributed by atoms with Crippen molar-refractivity contribution in [2.24, 2.45) is 0 Å². The van der Waals surface area contributed by atoms with Gasteiger partial charge < -0.3 is 10.4 Å². The Morgan fingerprint density at radius 3 is 2.70 bits per heavy atom. The molecule has 2 N–H and O–H groups in total. The highest BCUT2D eigenvalue weighted by atomic mass is 79.9. The number of hydrogen-bond acceptors (Lipinski definition) is 4. The van der Waals surface area contributed by atoms with Crippen LogP contribution in [-0.4, -0.2) is 21.0 Å². The largest absolute Gasteiger partial charge is 0.478 e. The van der Waals surface area contributed by atoms with E-state index in [4.69, 9.17) is 5.11 Å². The molecule has 5 nitrogen and oxygen atoms in total. The Morgan fingerprint density at radius 2 is 2.05 bits per heavy atom. The molecule has 104 valence electrons. The molecule has 0 aliphatic rings. The number of carboxylic acids is 1. The van der Waals surface area contributed by atoms with Crippen LogP contribution in [0.4, 0.5) is 11.5 Å². The normalized spacial score (nSPS) is 10.6. The smallest absolute Gasteiger partial charge is 0.336 e. The van der Waals surface area contributed by atoms with E-state index < -0.39 is 5.97 Å². The molecule has 0 spiro atoms. The SMILES string of the molecule is CC(C)c1cc(Nc2ccc(Br)c(C(=O)O)c2)ncn1. The summed E-state index contributed by atoms with van der Waals surface area (Å²) in [5.74, 6) is -0.0357. The monoisotopic (exact) mass is 335 g/mol. The zero-order valence-electron chi connectivity index (χ0n) is 11.1. The highest BCUT2D eigenvalue weighted by Crippen LogP contribution is 2.24. The van der Waals surface area contributed by atoms with Crippen LogP contribution in [0.5, 0.6) is 0 Å². The Morgan fingerprint density at radius 1 is 1.30 bits per heavy atom. The van der Waals surface area contributed by atoms with Gasteiger partial charge in [0.2, 0.25) is 0 Å². The van der Waals surface area contributed by atoms with Crippen molar-refractivity contribution in [3.63, 3.8) is 0 Å². The topological polar surface area (TPSA) is 75.1 Å². The fraction of sp³-hybridized carbons (Fsp3) is 0.214. The van der Waals surface area contributed by atoms with Crippen molar-refractivity contribution in [3.8, 4) is 0 Å². The molecule has 1 aromatic carbocycles. The molecule has 0 saturated carbocycles. The molecule has 0 aliphatic heterocycles. The summed E-state index contributed by atoms with van der Waals surface area (Å²) in [5.41, 5.74) is 1.80. The predicted octanol–water partition coefficient (Wildman–Crippen LogP) is 3.80. The summed E-state index contributed by atoms with van der Waals surface area (Å²) in [6.07, 6.45) is 1.49. The molecule has 0 aliphatic carbocycles. The summed E-state index contributed by atoms with van der Waals surface area (Å²) in [4.78, 5) is 19.4. The number of aromatic carboxylic acids is 1. The number of nitrogens with one attached hydrogen (secondary N) is 1. The lowest BCUT2D eigenvalue weighted by atomic mass is 10.1. The number of rotatable bonds is 4. The third kappa shape index (κ3) is 3.33. The van der Waals surface area contributed by atoms with Crippen molar-refractivity contribution in [1.82, 2.24) is 9.97 Å². The van der Waals surface area contributed by atoms with E-state index in [2.05, 4.69) is 31.2 Å². The van der Waals surface area contributed by atoms with Gasteiger partial charge in [-0.1, -0.05) is 13.8 Å². The van der Waals surface area contributed by atoms with Crippen molar-refractivity contribution < 1.29 is 9.90 Å². The highest BCUT2D eigenvalue weighted by Gasteiger charge is 2.10. The van der Waals surface area contributed by atoms with Gasteiger partial charge in [0.1, 0.15) is 12.1 Å². The van der Waals surface area contributed by atoms with Crippen molar-refractivity contribution >= 4 is 33.4 Å². The maximum absolute atomic E-state index is 11.1. The standard InChI is InChI=1S/C14H14BrN3O2/c1-8(2)12-6-13(17-7-16-12)18-9-3-4-11(15)10(5-9)14(19)20/h3-8H,1-2H3,(H,19,20)(H,16,17,18). The second-order valence-corrected chi connectivity index (χ2v) is 5.46. The second kappa shape index (κ2) is 6.00. The maximum atomic E-state index is 11.1. The van der Waals surface area contributed by atoms with Gasteiger partial charge in [0, 0.05) is 21.9 Å². The van der Waals surface area contributed by atoms with Crippen LogP contribution in [0.3, 0.4) is 0 Å². The van der Waals surface area contributed by atoms with Gasteiger partial charge in [-0.2, -0.15) is 0 Å². The number of aromatic nitrogens is 2. The van der Waals surface area contributed by atoms with Crippen LogP contribution in [0, 0.1) is 0 Å². The predicted molar refractivity (Wildman–Crippen MR) is 80.5 cm³/mol. The molecule has 2 rings (SSSR count). The molecule has 0 saturated heterocycles. The van der Waals surface area contributed by atoms with E-state index in [1.165, 1.54) is 6.33 Å². The minimum Gasteiger partial charge on any atom is -0.478 e. The first-order chi connectivity index (χ1) is 9.47. The number of benzene rings is 1. The van der Waals surface area contributed by atoms with Crippen LogP contribution in [0.2, 0.25) is 0 Å². The fourth-order valence-corrected chi connectivity index (χ4v) is 2.09. The molecule has 6 heteroatoms. The van der Waals surface area contributed by atoms with E-state index in [0.717, 1.165) is 5.69 Å². The van der Waals surface area contributed by atoms with E-state index in [1.807, 2.05) is 19.9 Å². The molecule has 1 heterocycles. The van der Waals surface area contributed by atoms with Gasteiger partial charge in [-0.3, -0.25) is 0 Å². The first kappa shape index (κ1) is 14.5. The number of carbonyl (C=O) groups is 1. The molecule has 0 radical (unpaired) electrons. The lowest BCUT2D eigenvalue weighted by Crippen LogP contribution is -2.01. The van der Waals surface area contributed by atoms with E-state index in [-0.39, 0.29) is 5.56 Å². The second-order valence-electron chi connectivity index (χ2n) is 4.61. The average molecular weight is 336 g/mol. The van der Waals surface area contributed by atoms with Crippen molar-refractivity contribution in [2.75, 3.05) is 5.32 Å². The molecule has 0 fully saturated rings. The quantitative estimate of drug-likeness (QED) is 0.888. The molecular weight excluding hydrogens is 322 g/mol. The molecule has 2 aromatic rings. The van der Waals surface area contributed by atoms with Crippen molar-refractivity contribution in [3.05, 3.63) is 46.3 Å². The lowest BCUT2D eigenvalue weighted by molar-refractivity contribution is 0.0696. The third-order valence-corrected chi connectivity index (χ3v) is 3.44. The Bertz CT molecular complexity index is 644. The first-order valence-electron chi connectivity index (χ1n) is 6.09. The van der Waals surface area contributed by atoms with Gasteiger partial charge in [-0.25, -0.2) is 14.8 Å². The van der Waals surface area contributed by atoms with E-state index >= 15 is 0 Å². The van der Waals surface area contributed by atoms with E-state index in [1.54, 1.807) is 18.2 Å². The summed E-state index contributed by atoms with van der Waals surface area (Å²) >= 11 is 3.21. The fourth-order valence-electron chi connectivity index (χ4n) is 1.67. The Balaban J connectivity index is 2.28. The first-order valence-corrected chi connectivity index (χ1v) is 6.88. The minimum atomic E-state index is -0.980. The Kier molecular flexibility index (Phi) is 4.34. The summed E-state index contributed by atoms with van der Waals surface area (Å²) in [7, 11) is 0. The van der Waals surface area contributed by atoms with Crippen LogP contribution in [0.15, 0.2) is 35.1 Å². The zero-order valence-corrected chi connectivity index (χ0v) is 12.7. The van der Waals surface area contributed by atoms with Crippen LogP contribution in [0.25, 0.3) is 0 Å². The van der Waals surface area contributed by atoms with Crippen LogP contribution < -0.4 is 5.32 Å². The number of halogens is 1. The number of nitrogens with zero attached hydrogens (tertiary/aromatic N) is 2. The summed E-state index contributed by atoms with van der Waals surface area (Å²) < 4.78 is 0.543. The molecular formula is C14H14BrN3O2. The molecule has 0 unspecified atom stereocenters. The molecule has 1 aromatic heterocycles. The summed E-state index contributed by atoms with van der Waals surface area (Å²) in [6.45, 7) is 4.10. The zero-order chi connectivity index (χ0) is 14.7. The third-order valence-electron chi connectivity index (χ3n) is 2.75. The van der Waals surface area contributed by atoms with Crippen LogP contribution >= 0.6 is 15.9 Å². The van der Waals surface area contributed by atoms with Gasteiger partial charge in [-0.05, 0) is 40.0 Å². The molecule has 0 bridgehead atoms. The molecule has 0 atom stereocenters. The van der Waals surface area contributed by atoms with Gasteiger partial charge in [0.25, 0.3) is 0 Å². The van der Waals surface area contributed by atoms with Crippen LogP contribution in [0.1, 0.15) is 35.8 Å². The van der Waals surface area contributed by atoms with Crippen molar-refractivity contribution in [2.45, 2.75) is 19.8 Å². The molecule has 20 heavy (non-hydrogen) atoms. The van der Waals surface area contributed by atoms with Crippen molar-refractivity contribution in [1.29, 1.82) is 0 Å². The molecule has 0 amide bonds. The Hall–Kier alpha value is -1.95. The summed E-state index contributed by atoms with van der Waals surface area (Å²) in [5, 5.41) is 12.2. The number of anilines is 2. The Labute approximate surface area is 125 Å². The van der Waals surface area contributed by atoms with E-state index in [0.29, 0.717) is 21.9 Å². The number of hydrogen-bond donors (Lipinski definition) is 2. The number of carboxylic acid groups (broad SMARTS) is 1. The van der Waals surface area contributed by atoms with Crippen LogP contribution in [-0.2, 0) is 0 Å². The van der Waals surface area contributed by atoms with Gasteiger partial charge >= 0.3 is 5.97 Å². The van der Waals surface area contributed by atoms with Gasteiger partial charge in [-0.15, -0.1) is 0 Å². The maximum Gasteiger partial charge on any atom is 0.336 e. The summed E-state index contributed by atoms with van der Waals surface area (Å²) in [6, 6.07) is 6.89. The minimum absolute atomic E-state index is 0.202. The lowest BCUT2D eigenvalue weighted by Gasteiger charge is -2.09. The van der Waals surface area contributed by atoms with E-state index in [9.17, 15) is 4.79 Å². The van der Waals surface area contributed by atoms with Gasteiger partial charge in [0.05, 0.1) is 5.56 Å².